The number of carbonyl (C=O) groups excluding carboxylic acids is 1. The molecule has 168 valence electrons. The monoisotopic (exact) mass is 530 g/mol. The fourth-order valence-electron chi connectivity index (χ4n) is 3.79. The first-order chi connectivity index (χ1) is 16.5. The minimum absolute atomic E-state index is 0.188. The summed E-state index contributed by atoms with van der Waals surface area (Å²) in [4.78, 5) is 20.9. The van der Waals surface area contributed by atoms with Gasteiger partial charge in [-0.15, -0.1) is 0 Å². The number of benzene rings is 4. The lowest BCUT2D eigenvalue weighted by Gasteiger charge is -2.14. The Labute approximate surface area is 209 Å². The van der Waals surface area contributed by atoms with E-state index in [2.05, 4.69) is 36.5 Å². The number of rotatable bonds is 4. The third kappa shape index (κ3) is 4.25. The number of methoxy groups -OCH3 is 1. The summed E-state index contributed by atoms with van der Waals surface area (Å²) < 4.78 is 6.22. The van der Waals surface area contributed by atoms with Crippen molar-refractivity contribution in [3.05, 3.63) is 88.9 Å². The molecule has 5 aromatic rings. The number of thiocarbonyl (C=S) groups is 1. The number of nitrogens with zero attached hydrogens (tertiary/aromatic N) is 1. The molecule has 0 saturated heterocycles. The summed E-state index contributed by atoms with van der Waals surface area (Å²) in [5, 5.41) is 7.86. The maximum atomic E-state index is 13.0. The number of aromatic amines is 1. The number of halogens is 1. The van der Waals surface area contributed by atoms with Gasteiger partial charge in [-0.2, -0.15) is 0 Å². The Hall–Kier alpha value is -3.75. The van der Waals surface area contributed by atoms with Crippen LogP contribution >= 0.6 is 28.1 Å². The molecule has 0 unspecified atom stereocenters. The topological polar surface area (TPSA) is 79.0 Å². The van der Waals surface area contributed by atoms with Gasteiger partial charge < -0.3 is 15.0 Å². The number of fused-ring (bicyclic) bond motifs is 2. The van der Waals surface area contributed by atoms with Gasteiger partial charge in [0.25, 0.3) is 5.91 Å². The van der Waals surface area contributed by atoms with E-state index in [0.29, 0.717) is 11.3 Å². The van der Waals surface area contributed by atoms with Crippen molar-refractivity contribution in [3.8, 4) is 17.1 Å². The average molecular weight is 531 g/mol. The molecule has 1 heterocycles. The molecule has 1 aromatic heterocycles. The van der Waals surface area contributed by atoms with Crippen LogP contribution in [0.2, 0.25) is 0 Å². The van der Waals surface area contributed by atoms with Crippen LogP contribution in [0.15, 0.2) is 83.3 Å². The number of amides is 1. The predicted octanol–water partition coefficient (Wildman–Crippen LogP) is 6.28. The molecule has 3 N–H and O–H groups in total. The Balaban J connectivity index is 1.31. The van der Waals surface area contributed by atoms with Crippen LogP contribution in [0.3, 0.4) is 0 Å². The number of para-hydroxylation sites is 2. The number of anilines is 1. The lowest BCUT2D eigenvalue weighted by atomic mass is 10.1. The maximum Gasteiger partial charge on any atom is 0.261 e. The van der Waals surface area contributed by atoms with Crippen LogP contribution < -0.4 is 15.4 Å². The minimum Gasteiger partial charge on any atom is -0.495 e. The Morgan fingerprint density at radius 2 is 1.76 bits per heavy atom. The minimum atomic E-state index is -0.361. The van der Waals surface area contributed by atoms with Crippen molar-refractivity contribution in [3.63, 3.8) is 0 Å². The van der Waals surface area contributed by atoms with Crippen molar-refractivity contribution in [2.45, 2.75) is 0 Å². The fraction of sp³-hybridized carbons (Fsp3) is 0.0385. The quantitative estimate of drug-likeness (QED) is 0.238. The van der Waals surface area contributed by atoms with Crippen LogP contribution in [0.5, 0.6) is 5.75 Å². The lowest BCUT2D eigenvalue weighted by Crippen LogP contribution is -2.34. The van der Waals surface area contributed by atoms with Gasteiger partial charge in [0.15, 0.2) is 5.11 Å². The van der Waals surface area contributed by atoms with Crippen LogP contribution in [-0.2, 0) is 0 Å². The zero-order chi connectivity index (χ0) is 23.7. The lowest BCUT2D eigenvalue weighted by molar-refractivity contribution is 0.0975. The number of aromatic nitrogens is 2. The largest absolute Gasteiger partial charge is 0.495 e. The van der Waals surface area contributed by atoms with Crippen LogP contribution in [0.1, 0.15) is 10.4 Å². The Kier molecular flexibility index (Phi) is 6.00. The van der Waals surface area contributed by atoms with Crippen LogP contribution in [0, 0.1) is 0 Å². The highest BCUT2D eigenvalue weighted by atomic mass is 79.9. The summed E-state index contributed by atoms with van der Waals surface area (Å²) in [6.07, 6.45) is 0. The van der Waals surface area contributed by atoms with Crippen molar-refractivity contribution >= 4 is 66.7 Å². The van der Waals surface area contributed by atoms with Gasteiger partial charge in [-0.1, -0.05) is 36.4 Å². The molecule has 6 nitrogen and oxygen atoms in total. The standard InChI is InChI=1S/C26H19BrN4O2S/c1-33-23-19(14-16-6-2-3-7-18(16)22(23)27)25(32)31-26(34)28-17-12-10-15(11-13-17)24-29-20-8-4-5-9-21(20)30-24/h2-14H,1H3,(H,29,30)(H2,28,31,32,34). The second kappa shape index (κ2) is 9.24. The molecular formula is C26H19BrN4O2S. The van der Waals surface area contributed by atoms with Crippen molar-refractivity contribution in [1.29, 1.82) is 0 Å². The highest BCUT2D eigenvalue weighted by Gasteiger charge is 2.19. The molecule has 0 radical (unpaired) electrons. The van der Waals surface area contributed by atoms with Crippen molar-refractivity contribution in [2.24, 2.45) is 0 Å². The molecule has 8 heteroatoms. The number of imidazole rings is 1. The van der Waals surface area contributed by atoms with E-state index >= 15 is 0 Å². The molecule has 0 aliphatic rings. The van der Waals surface area contributed by atoms with E-state index in [1.54, 1.807) is 6.07 Å². The smallest absolute Gasteiger partial charge is 0.261 e. The molecule has 0 fully saturated rings. The van der Waals surface area contributed by atoms with E-state index in [1.807, 2.05) is 72.8 Å². The van der Waals surface area contributed by atoms with E-state index in [0.717, 1.165) is 43.4 Å². The van der Waals surface area contributed by atoms with Crippen LogP contribution in [0.4, 0.5) is 5.69 Å². The first kappa shape index (κ1) is 22.1. The van der Waals surface area contributed by atoms with Gasteiger partial charge in [0.05, 0.1) is 28.2 Å². The van der Waals surface area contributed by atoms with Crippen molar-refractivity contribution in [1.82, 2.24) is 15.3 Å². The molecule has 0 aliphatic carbocycles. The number of hydrogen-bond acceptors (Lipinski definition) is 4. The fourth-order valence-corrected chi connectivity index (χ4v) is 4.73. The number of nitrogens with one attached hydrogen (secondary N) is 3. The number of ether oxygens (including phenoxy) is 1. The molecule has 0 atom stereocenters. The average Bonchev–Trinajstić information content (AvgIpc) is 3.29. The van der Waals surface area contributed by atoms with E-state index in [4.69, 9.17) is 17.0 Å². The van der Waals surface area contributed by atoms with Gasteiger partial charge in [-0.3, -0.25) is 10.1 Å². The van der Waals surface area contributed by atoms with Crippen LogP contribution in [0.25, 0.3) is 33.2 Å². The molecule has 0 bridgehead atoms. The summed E-state index contributed by atoms with van der Waals surface area (Å²) >= 11 is 8.93. The van der Waals surface area contributed by atoms with E-state index in [-0.39, 0.29) is 11.0 Å². The van der Waals surface area contributed by atoms with Gasteiger partial charge in [0, 0.05) is 11.3 Å². The zero-order valence-electron chi connectivity index (χ0n) is 18.1. The summed E-state index contributed by atoms with van der Waals surface area (Å²) in [6, 6.07) is 25.1. The number of hydrogen-bond donors (Lipinski definition) is 3. The Morgan fingerprint density at radius 1 is 1.03 bits per heavy atom. The molecule has 0 aliphatic heterocycles. The summed E-state index contributed by atoms with van der Waals surface area (Å²) in [5.41, 5.74) is 3.98. The van der Waals surface area contributed by atoms with Crippen LogP contribution in [-0.4, -0.2) is 28.1 Å². The molecule has 5 rings (SSSR count). The van der Waals surface area contributed by atoms with Gasteiger partial charge in [0.2, 0.25) is 0 Å². The third-order valence-corrected chi connectivity index (χ3v) is 6.41. The van der Waals surface area contributed by atoms with E-state index < -0.39 is 0 Å². The van der Waals surface area contributed by atoms with Gasteiger partial charge in [-0.05, 0) is 81.4 Å². The van der Waals surface area contributed by atoms with Crippen molar-refractivity contribution in [2.75, 3.05) is 12.4 Å². The summed E-state index contributed by atoms with van der Waals surface area (Å²) in [6.45, 7) is 0. The second-order valence-electron chi connectivity index (χ2n) is 7.58. The normalized spacial score (nSPS) is 10.9. The van der Waals surface area contributed by atoms with E-state index in [9.17, 15) is 4.79 Å². The van der Waals surface area contributed by atoms with Gasteiger partial charge >= 0.3 is 0 Å². The SMILES string of the molecule is COc1c(C(=O)NC(=S)Nc2ccc(-c3nc4ccccc4[nH]3)cc2)cc2ccccc2c1Br. The zero-order valence-corrected chi connectivity index (χ0v) is 20.5. The predicted molar refractivity (Wildman–Crippen MR) is 143 cm³/mol. The molecule has 4 aromatic carbocycles. The molecule has 0 spiro atoms. The first-order valence-electron chi connectivity index (χ1n) is 10.5. The molecule has 0 saturated carbocycles. The number of carbonyl (C=O) groups is 1. The Bertz CT molecular complexity index is 1510. The summed E-state index contributed by atoms with van der Waals surface area (Å²) in [5.74, 6) is 0.881. The highest BCUT2D eigenvalue weighted by molar-refractivity contribution is 9.10. The highest BCUT2D eigenvalue weighted by Crippen LogP contribution is 2.36. The third-order valence-electron chi connectivity index (χ3n) is 5.42. The first-order valence-corrected chi connectivity index (χ1v) is 11.7. The van der Waals surface area contributed by atoms with E-state index in [1.165, 1.54) is 7.11 Å². The molecule has 1 amide bonds. The van der Waals surface area contributed by atoms with Crippen molar-refractivity contribution < 1.29 is 9.53 Å². The number of H-pyrrole nitrogens is 1. The van der Waals surface area contributed by atoms with Gasteiger partial charge in [-0.25, -0.2) is 4.98 Å². The van der Waals surface area contributed by atoms with Gasteiger partial charge in [0.1, 0.15) is 11.6 Å². The Morgan fingerprint density at radius 3 is 2.53 bits per heavy atom. The molecule has 34 heavy (non-hydrogen) atoms. The molecular weight excluding hydrogens is 512 g/mol. The maximum absolute atomic E-state index is 13.0. The summed E-state index contributed by atoms with van der Waals surface area (Å²) in [7, 11) is 1.53. The second-order valence-corrected chi connectivity index (χ2v) is 8.78.